The Hall–Kier alpha value is -3.45. The number of nitrogens with zero attached hydrogens (tertiary/aromatic N) is 5. The maximum atomic E-state index is 4.75. The van der Waals surface area contributed by atoms with Crippen LogP contribution >= 0.6 is 11.3 Å². The zero-order valence-electron chi connectivity index (χ0n) is 14.4. The first kappa shape index (κ1) is 15.8. The van der Waals surface area contributed by atoms with Gasteiger partial charge in [0.25, 0.3) is 0 Å². The zero-order valence-corrected chi connectivity index (χ0v) is 15.2. The smallest absolute Gasteiger partial charge is 0.165 e. The number of aryl methyl sites for hydroxylation is 1. The third-order valence-electron chi connectivity index (χ3n) is 4.17. The van der Waals surface area contributed by atoms with Gasteiger partial charge in [0, 0.05) is 29.8 Å². The number of thiazole rings is 1. The Kier molecular flexibility index (Phi) is 3.72. The molecular formula is C20H14N6S. The maximum Gasteiger partial charge on any atom is 0.165 e. The van der Waals surface area contributed by atoms with Crippen LogP contribution in [-0.2, 0) is 0 Å². The molecule has 5 aromatic rings. The second kappa shape index (κ2) is 6.37. The summed E-state index contributed by atoms with van der Waals surface area (Å²) < 4.78 is 1.14. The molecule has 0 aliphatic rings. The van der Waals surface area contributed by atoms with Crippen LogP contribution in [0.1, 0.15) is 5.01 Å². The van der Waals surface area contributed by atoms with Crippen LogP contribution in [0.25, 0.3) is 32.6 Å². The van der Waals surface area contributed by atoms with Crippen LogP contribution in [0.15, 0.2) is 61.1 Å². The van der Waals surface area contributed by atoms with Crippen molar-refractivity contribution in [2.45, 2.75) is 6.92 Å². The maximum absolute atomic E-state index is 4.75. The fourth-order valence-electron chi connectivity index (χ4n) is 2.94. The fraction of sp³-hybridized carbons (Fsp3) is 0.0500. The predicted molar refractivity (Wildman–Crippen MR) is 108 cm³/mol. The Labute approximate surface area is 159 Å². The summed E-state index contributed by atoms with van der Waals surface area (Å²) in [6, 6.07) is 13.8. The molecule has 0 bridgehead atoms. The highest BCUT2D eigenvalue weighted by atomic mass is 32.1. The molecule has 0 radical (unpaired) electrons. The van der Waals surface area contributed by atoms with Gasteiger partial charge in [0.05, 0.1) is 20.6 Å². The van der Waals surface area contributed by atoms with Crippen molar-refractivity contribution >= 4 is 44.1 Å². The minimum absolute atomic E-state index is 0.612. The average molecular weight is 370 g/mol. The Balaban J connectivity index is 1.64. The molecule has 1 N–H and O–H groups in total. The molecular weight excluding hydrogens is 356 g/mol. The normalized spacial score (nSPS) is 11.1. The first-order valence-electron chi connectivity index (χ1n) is 8.44. The van der Waals surface area contributed by atoms with E-state index in [1.165, 1.54) is 0 Å². The molecule has 4 heterocycles. The van der Waals surface area contributed by atoms with Crippen molar-refractivity contribution in [2.24, 2.45) is 0 Å². The van der Waals surface area contributed by atoms with Crippen molar-refractivity contribution in [3.05, 3.63) is 66.1 Å². The molecule has 0 unspecified atom stereocenters. The number of rotatable bonds is 3. The lowest BCUT2D eigenvalue weighted by Gasteiger charge is -2.10. The van der Waals surface area contributed by atoms with Crippen molar-refractivity contribution < 1.29 is 0 Å². The number of fused-ring (bicyclic) bond motifs is 2. The van der Waals surface area contributed by atoms with Crippen LogP contribution in [0.5, 0.6) is 0 Å². The molecule has 5 rings (SSSR count). The van der Waals surface area contributed by atoms with Crippen LogP contribution < -0.4 is 5.32 Å². The largest absolute Gasteiger partial charge is 0.340 e. The molecule has 27 heavy (non-hydrogen) atoms. The molecule has 130 valence electrons. The van der Waals surface area contributed by atoms with E-state index in [2.05, 4.69) is 31.3 Å². The highest BCUT2D eigenvalue weighted by Gasteiger charge is 2.11. The number of hydrogen-bond acceptors (Lipinski definition) is 7. The quantitative estimate of drug-likeness (QED) is 0.494. The van der Waals surface area contributed by atoms with Gasteiger partial charge in [-0.05, 0) is 49.4 Å². The zero-order chi connectivity index (χ0) is 18.2. The van der Waals surface area contributed by atoms with Crippen molar-refractivity contribution in [3.8, 4) is 11.4 Å². The fourth-order valence-corrected chi connectivity index (χ4v) is 3.81. The summed E-state index contributed by atoms with van der Waals surface area (Å²) >= 11 is 1.68. The number of nitrogens with one attached hydrogen (secondary N) is 1. The van der Waals surface area contributed by atoms with Crippen LogP contribution in [0.4, 0.5) is 11.5 Å². The summed E-state index contributed by atoms with van der Waals surface area (Å²) in [6.45, 7) is 2.02. The summed E-state index contributed by atoms with van der Waals surface area (Å²) in [6.07, 6.45) is 5.20. The highest BCUT2D eigenvalue weighted by molar-refractivity contribution is 7.18. The Bertz CT molecular complexity index is 1270. The van der Waals surface area contributed by atoms with Gasteiger partial charge in [0.15, 0.2) is 11.5 Å². The minimum Gasteiger partial charge on any atom is -0.340 e. The lowest BCUT2D eigenvalue weighted by molar-refractivity contribution is 1.18. The van der Waals surface area contributed by atoms with E-state index in [0.717, 1.165) is 37.7 Å². The second-order valence-electron chi connectivity index (χ2n) is 6.05. The molecule has 0 spiro atoms. The van der Waals surface area contributed by atoms with Gasteiger partial charge in [-0.2, -0.15) is 0 Å². The molecule has 7 heteroatoms. The van der Waals surface area contributed by atoms with Crippen molar-refractivity contribution in [1.29, 1.82) is 0 Å². The lowest BCUT2D eigenvalue weighted by Crippen LogP contribution is -2.00. The molecule has 0 amide bonds. The third-order valence-corrected chi connectivity index (χ3v) is 5.10. The van der Waals surface area contributed by atoms with Gasteiger partial charge < -0.3 is 5.32 Å². The van der Waals surface area contributed by atoms with Gasteiger partial charge >= 0.3 is 0 Å². The van der Waals surface area contributed by atoms with Gasteiger partial charge in [0.1, 0.15) is 5.82 Å². The highest BCUT2D eigenvalue weighted by Crippen LogP contribution is 2.29. The van der Waals surface area contributed by atoms with E-state index in [0.29, 0.717) is 11.5 Å². The van der Waals surface area contributed by atoms with Crippen LogP contribution in [0, 0.1) is 6.92 Å². The molecule has 1 aromatic carbocycles. The van der Waals surface area contributed by atoms with Gasteiger partial charge in [-0.1, -0.05) is 0 Å². The van der Waals surface area contributed by atoms with E-state index in [4.69, 9.17) is 4.98 Å². The van der Waals surface area contributed by atoms with Crippen molar-refractivity contribution in [1.82, 2.24) is 24.9 Å². The van der Waals surface area contributed by atoms with E-state index in [1.54, 1.807) is 29.9 Å². The Morgan fingerprint density at radius 3 is 2.70 bits per heavy atom. The standard InChI is InChI=1S/C20H14N6S/c1-12-23-16-5-4-14(11-17(16)27-12)24-20-15-3-2-8-22-19(15)25-18(26-20)13-6-9-21-10-7-13/h2-11H,1H3,(H,22,24,25,26). The summed E-state index contributed by atoms with van der Waals surface area (Å²) in [5.74, 6) is 1.33. The van der Waals surface area contributed by atoms with Gasteiger partial charge in [-0.25, -0.2) is 19.9 Å². The SMILES string of the molecule is Cc1nc2ccc(Nc3nc(-c4ccncc4)nc4ncccc34)cc2s1. The predicted octanol–water partition coefficient (Wildman–Crippen LogP) is 4.75. The summed E-state index contributed by atoms with van der Waals surface area (Å²) in [4.78, 5) is 22.3. The number of aromatic nitrogens is 5. The minimum atomic E-state index is 0.612. The van der Waals surface area contributed by atoms with Gasteiger partial charge in [-0.15, -0.1) is 11.3 Å². The lowest BCUT2D eigenvalue weighted by atomic mass is 10.2. The molecule has 0 fully saturated rings. The first-order valence-corrected chi connectivity index (χ1v) is 9.25. The molecule has 0 aliphatic heterocycles. The molecule has 0 saturated carbocycles. The van der Waals surface area contributed by atoms with Crippen LogP contribution in [0.2, 0.25) is 0 Å². The second-order valence-corrected chi connectivity index (χ2v) is 7.28. The topological polar surface area (TPSA) is 76.5 Å². The van der Waals surface area contributed by atoms with Crippen LogP contribution in [-0.4, -0.2) is 24.9 Å². The van der Waals surface area contributed by atoms with E-state index in [1.807, 2.05) is 43.3 Å². The summed E-state index contributed by atoms with van der Waals surface area (Å²) in [5, 5.41) is 5.36. The average Bonchev–Trinajstić information content (AvgIpc) is 3.08. The van der Waals surface area contributed by atoms with Crippen LogP contribution in [0.3, 0.4) is 0 Å². The first-order chi connectivity index (χ1) is 13.3. The van der Waals surface area contributed by atoms with E-state index in [9.17, 15) is 0 Å². The van der Waals surface area contributed by atoms with E-state index < -0.39 is 0 Å². The number of pyridine rings is 2. The molecule has 6 nitrogen and oxygen atoms in total. The number of hydrogen-bond donors (Lipinski definition) is 1. The molecule has 4 aromatic heterocycles. The van der Waals surface area contributed by atoms with Crippen molar-refractivity contribution in [2.75, 3.05) is 5.32 Å². The monoisotopic (exact) mass is 370 g/mol. The molecule has 0 saturated heterocycles. The third kappa shape index (κ3) is 2.98. The van der Waals surface area contributed by atoms with E-state index >= 15 is 0 Å². The molecule has 0 aliphatic carbocycles. The summed E-state index contributed by atoms with van der Waals surface area (Å²) in [7, 11) is 0. The number of benzene rings is 1. The Morgan fingerprint density at radius 1 is 0.926 bits per heavy atom. The summed E-state index contributed by atoms with van der Waals surface area (Å²) in [5.41, 5.74) is 3.51. The number of anilines is 2. The van der Waals surface area contributed by atoms with E-state index in [-0.39, 0.29) is 0 Å². The van der Waals surface area contributed by atoms with Crippen molar-refractivity contribution in [3.63, 3.8) is 0 Å². The molecule has 0 atom stereocenters. The Morgan fingerprint density at radius 2 is 1.81 bits per heavy atom. The van der Waals surface area contributed by atoms with Gasteiger partial charge in [-0.3, -0.25) is 4.98 Å². The van der Waals surface area contributed by atoms with Gasteiger partial charge in [0.2, 0.25) is 0 Å².